The van der Waals surface area contributed by atoms with Crippen LogP contribution >= 0.6 is 11.8 Å². The van der Waals surface area contributed by atoms with E-state index in [2.05, 4.69) is 26.1 Å². The molecule has 1 atom stereocenters. The molecule has 0 saturated heterocycles. The van der Waals surface area contributed by atoms with Gasteiger partial charge in [0.25, 0.3) is 0 Å². The minimum absolute atomic E-state index is 0.129. The van der Waals surface area contributed by atoms with Crippen LogP contribution in [0.1, 0.15) is 53.4 Å². The highest BCUT2D eigenvalue weighted by molar-refractivity contribution is 8.00. The van der Waals surface area contributed by atoms with Crippen LogP contribution in [0.2, 0.25) is 0 Å². The molecule has 0 radical (unpaired) electrons. The Labute approximate surface area is 115 Å². The molecular formula is C14H27NO2S. The molecule has 0 heterocycles. The van der Waals surface area contributed by atoms with Gasteiger partial charge < -0.3 is 4.74 Å². The first-order valence-corrected chi connectivity index (χ1v) is 7.75. The summed E-state index contributed by atoms with van der Waals surface area (Å²) in [4.78, 5) is 11.9. The Kier molecular flexibility index (Phi) is 5.53. The Hall–Kier alpha value is -0.220. The molecule has 1 aliphatic rings. The Morgan fingerprint density at radius 1 is 1.33 bits per heavy atom. The summed E-state index contributed by atoms with van der Waals surface area (Å²) in [5.41, 5.74) is -0.506. The number of methoxy groups -OCH3 is 1. The first-order valence-electron chi connectivity index (χ1n) is 6.77. The van der Waals surface area contributed by atoms with Crippen LogP contribution in [-0.4, -0.2) is 35.2 Å². The van der Waals surface area contributed by atoms with Crippen LogP contribution in [-0.2, 0) is 9.53 Å². The van der Waals surface area contributed by atoms with E-state index in [4.69, 9.17) is 4.74 Å². The smallest absolute Gasteiger partial charge is 0.325 e. The molecule has 0 spiro atoms. The van der Waals surface area contributed by atoms with Crippen LogP contribution in [0.5, 0.6) is 0 Å². The van der Waals surface area contributed by atoms with Gasteiger partial charge in [0, 0.05) is 10.8 Å². The fraction of sp³-hybridized carbons (Fsp3) is 0.929. The van der Waals surface area contributed by atoms with Crippen LogP contribution in [0.4, 0.5) is 0 Å². The molecule has 0 aromatic carbocycles. The monoisotopic (exact) mass is 273 g/mol. The maximum Gasteiger partial charge on any atom is 0.325 e. The van der Waals surface area contributed by atoms with E-state index in [-0.39, 0.29) is 5.97 Å². The highest BCUT2D eigenvalue weighted by Gasteiger charge is 2.38. The summed E-state index contributed by atoms with van der Waals surface area (Å²) in [5, 5.41) is 3.43. The number of thioether (sulfide) groups is 1. The number of esters is 1. The molecule has 1 unspecified atom stereocenters. The van der Waals surface area contributed by atoms with E-state index in [1.807, 2.05) is 18.7 Å². The lowest BCUT2D eigenvalue weighted by molar-refractivity contribution is -0.148. The van der Waals surface area contributed by atoms with Crippen molar-refractivity contribution < 1.29 is 9.53 Å². The second-order valence-corrected chi connectivity index (χ2v) is 8.23. The maximum atomic E-state index is 11.9. The molecule has 0 aromatic heterocycles. The molecule has 1 aliphatic carbocycles. The van der Waals surface area contributed by atoms with Crippen LogP contribution in [0.25, 0.3) is 0 Å². The van der Waals surface area contributed by atoms with E-state index in [1.165, 1.54) is 20.0 Å². The molecule has 4 heteroatoms. The van der Waals surface area contributed by atoms with Crippen molar-refractivity contribution in [1.82, 2.24) is 5.32 Å². The van der Waals surface area contributed by atoms with Gasteiger partial charge in [-0.2, -0.15) is 11.8 Å². The van der Waals surface area contributed by atoms with Crippen LogP contribution in [0.15, 0.2) is 0 Å². The van der Waals surface area contributed by atoms with E-state index in [0.717, 1.165) is 18.6 Å². The molecule has 3 nitrogen and oxygen atoms in total. The lowest BCUT2D eigenvalue weighted by atomic mass is 9.96. The van der Waals surface area contributed by atoms with E-state index < -0.39 is 5.54 Å². The molecule has 1 N–H and O–H groups in total. The summed E-state index contributed by atoms with van der Waals surface area (Å²) < 4.78 is 5.23. The number of nitrogens with one attached hydrogen (secondary N) is 1. The van der Waals surface area contributed by atoms with Gasteiger partial charge in [-0.1, -0.05) is 20.8 Å². The second-order valence-electron chi connectivity index (χ2n) is 6.31. The van der Waals surface area contributed by atoms with Crippen molar-refractivity contribution >= 4 is 17.7 Å². The van der Waals surface area contributed by atoms with Crippen molar-refractivity contribution in [3.63, 3.8) is 0 Å². The quantitative estimate of drug-likeness (QED) is 0.572. The van der Waals surface area contributed by atoms with Gasteiger partial charge in [0.2, 0.25) is 0 Å². The largest absolute Gasteiger partial charge is 0.468 e. The van der Waals surface area contributed by atoms with Crippen LogP contribution in [0.3, 0.4) is 0 Å². The Morgan fingerprint density at radius 2 is 1.94 bits per heavy atom. The average molecular weight is 273 g/mol. The van der Waals surface area contributed by atoms with E-state index in [9.17, 15) is 4.79 Å². The lowest BCUT2D eigenvalue weighted by Gasteiger charge is -2.28. The second kappa shape index (κ2) is 6.29. The Balaban J connectivity index is 2.38. The summed E-state index contributed by atoms with van der Waals surface area (Å²) >= 11 is 1.95. The highest BCUT2D eigenvalue weighted by atomic mass is 32.2. The number of carbonyl (C=O) groups excluding carboxylic acids is 1. The standard InChI is InChI=1S/C14H27NO2S/c1-13(2,3)18-10-6-9-14(4,12(16)17-5)15-11-7-8-11/h11,15H,6-10H2,1-5H3. The first kappa shape index (κ1) is 15.8. The van der Waals surface area contributed by atoms with Crippen molar-refractivity contribution in [3.8, 4) is 0 Å². The zero-order valence-corrected chi connectivity index (χ0v) is 13.2. The van der Waals surface area contributed by atoms with Gasteiger partial charge in [0.05, 0.1) is 7.11 Å². The van der Waals surface area contributed by atoms with E-state index in [0.29, 0.717) is 10.8 Å². The van der Waals surface area contributed by atoms with Gasteiger partial charge in [-0.05, 0) is 38.4 Å². The molecule has 1 saturated carbocycles. The zero-order chi connectivity index (χ0) is 13.8. The topological polar surface area (TPSA) is 38.3 Å². The lowest BCUT2D eigenvalue weighted by Crippen LogP contribution is -2.51. The van der Waals surface area contributed by atoms with Gasteiger partial charge in [-0.15, -0.1) is 0 Å². The SMILES string of the molecule is COC(=O)C(C)(CCCSC(C)(C)C)NC1CC1. The number of rotatable bonds is 7. The highest BCUT2D eigenvalue weighted by Crippen LogP contribution is 2.28. The van der Waals surface area contributed by atoms with Crippen molar-refractivity contribution in [3.05, 3.63) is 0 Å². The molecular weight excluding hydrogens is 246 g/mol. The number of hydrogen-bond donors (Lipinski definition) is 1. The maximum absolute atomic E-state index is 11.9. The summed E-state index contributed by atoms with van der Waals surface area (Å²) in [6, 6.07) is 0.518. The number of hydrogen-bond acceptors (Lipinski definition) is 4. The molecule has 106 valence electrons. The molecule has 0 aliphatic heterocycles. The minimum Gasteiger partial charge on any atom is -0.468 e. The van der Waals surface area contributed by atoms with Gasteiger partial charge in [-0.25, -0.2) is 0 Å². The average Bonchev–Trinajstić information content (AvgIpc) is 3.06. The predicted octanol–water partition coefficient (Wildman–Crippen LogP) is 2.98. The minimum atomic E-state index is -0.506. The third-order valence-electron chi connectivity index (χ3n) is 3.09. The van der Waals surface area contributed by atoms with Crippen LogP contribution < -0.4 is 5.32 Å². The summed E-state index contributed by atoms with van der Waals surface area (Å²) in [6.07, 6.45) is 4.25. The number of carbonyl (C=O) groups is 1. The van der Waals surface area contributed by atoms with E-state index >= 15 is 0 Å². The Bertz CT molecular complexity index is 284. The van der Waals surface area contributed by atoms with Gasteiger partial charge >= 0.3 is 5.97 Å². The molecule has 1 rings (SSSR count). The summed E-state index contributed by atoms with van der Waals surface area (Å²) in [7, 11) is 1.47. The third-order valence-corrected chi connectivity index (χ3v) is 4.45. The van der Waals surface area contributed by atoms with Crippen molar-refractivity contribution in [2.45, 2.75) is 69.7 Å². The predicted molar refractivity (Wildman–Crippen MR) is 78.0 cm³/mol. The first-order chi connectivity index (χ1) is 8.27. The Morgan fingerprint density at radius 3 is 2.39 bits per heavy atom. The fourth-order valence-electron chi connectivity index (χ4n) is 1.94. The van der Waals surface area contributed by atoms with Gasteiger partial charge in [0.15, 0.2) is 0 Å². The van der Waals surface area contributed by atoms with E-state index in [1.54, 1.807) is 0 Å². The normalized spacial score (nSPS) is 19.4. The molecule has 18 heavy (non-hydrogen) atoms. The van der Waals surface area contributed by atoms with Crippen LogP contribution in [0, 0.1) is 0 Å². The molecule has 1 fully saturated rings. The summed E-state index contributed by atoms with van der Waals surface area (Å²) in [5.74, 6) is 0.956. The number of ether oxygens (including phenoxy) is 1. The van der Waals surface area contributed by atoms with Crippen molar-refractivity contribution in [2.75, 3.05) is 12.9 Å². The van der Waals surface area contributed by atoms with Gasteiger partial charge in [-0.3, -0.25) is 10.1 Å². The fourth-order valence-corrected chi connectivity index (χ4v) is 2.84. The van der Waals surface area contributed by atoms with Crippen molar-refractivity contribution in [1.29, 1.82) is 0 Å². The third kappa shape index (κ3) is 5.61. The summed E-state index contributed by atoms with van der Waals surface area (Å²) in [6.45, 7) is 8.64. The zero-order valence-electron chi connectivity index (χ0n) is 12.3. The molecule has 0 aromatic rings. The molecule has 0 bridgehead atoms. The molecule has 0 amide bonds. The van der Waals surface area contributed by atoms with Crippen molar-refractivity contribution in [2.24, 2.45) is 0 Å². The van der Waals surface area contributed by atoms with Gasteiger partial charge in [0.1, 0.15) is 5.54 Å².